The molecule has 0 radical (unpaired) electrons. The Morgan fingerprint density at radius 1 is 1.10 bits per heavy atom. The van der Waals surface area contributed by atoms with Gasteiger partial charge in [0.25, 0.3) is 0 Å². The lowest BCUT2D eigenvalue weighted by Gasteiger charge is -2.10. The molecule has 2 aromatic rings. The monoisotopic (exact) mass is 290 g/mol. The summed E-state index contributed by atoms with van der Waals surface area (Å²) in [6, 6.07) is 14.5. The third-order valence-corrected chi connectivity index (χ3v) is 3.02. The van der Waals surface area contributed by atoms with E-state index in [1.165, 1.54) is 7.11 Å². The van der Waals surface area contributed by atoms with Crippen LogP contribution in [0.15, 0.2) is 48.5 Å². The Morgan fingerprint density at radius 3 is 2.50 bits per heavy atom. The van der Waals surface area contributed by atoms with Gasteiger partial charge in [-0.1, -0.05) is 35.9 Å². The van der Waals surface area contributed by atoms with Gasteiger partial charge in [0, 0.05) is 12.1 Å². The minimum absolute atomic E-state index is 0.0430. The Morgan fingerprint density at radius 2 is 1.80 bits per heavy atom. The molecule has 0 saturated carbocycles. The highest BCUT2D eigenvalue weighted by atomic mass is 35.5. The molecule has 0 amide bonds. The molecule has 0 bridgehead atoms. The third kappa shape index (κ3) is 3.83. The number of carbonyl (C=O) groups is 1. The fourth-order valence-corrected chi connectivity index (χ4v) is 1.90. The predicted molar refractivity (Wildman–Crippen MR) is 78.4 cm³/mol. The van der Waals surface area contributed by atoms with Crippen LogP contribution in [-0.4, -0.2) is 19.5 Å². The minimum atomic E-state index is -0.0980. The highest BCUT2D eigenvalue weighted by Crippen LogP contribution is 2.20. The first-order valence-corrected chi connectivity index (χ1v) is 6.57. The average molecular weight is 291 g/mol. The van der Waals surface area contributed by atoms with E-state index in [0.29, 0.717) is 22.9 Å². The minimum Gasteiger partial charge on any atom is -0.488 e. The van der Waals surface area contributed by atoms with Crippen LogP contribution >= 0.6 is 11.6 Å². The van der Waals surface area contributed by atoms with Gasteiger partial charge in [0.15, 0.2) is 5.78 Å². The average Bonchev–Trinajstić information content (AvgIpc) is 2.47. The Labute approximate surface area is 123 Å². The topological polar surface area (TPSA) is 35.5 Å². The molecule has 0 aliphatic heterocycles. The molecular formula is C16H15ClO3. The van der Waals surface area contributed by atoms with E-state index in [0.717, 1.165) is 5.56 Å². The SMILES string of the molecule is COCC(=O)c1ccccc1OCc1ccc(Cl)cc1. The number of rotatable bonds is 6. The zero-order valence-corrected chi connectivity index (χ0v) is 11.9. The number of halogens is 1. The number of Topliss-reactive ketones (excluding diaryl/α,β-unsaturated/α-hetero) is 1. The number of benzene rings is 2. The van der Waals surface area contributed by atoms with Crippen molar-refractivity contribution in [3.63, 3.8) is 0 Å². The Balaban J connectivity index is 2.09. The Bertz CT molecular complexity index is 579. The fourth-order valence-electron chi connectivity index (χ4n) is 1.77. The largest absolute Gasteiger partial charge is 0.488 e. The van der Waals surface area contributed by atoms with E-state index in [1.54, 1.807) is 18.2 Å². The van der Waals surface area contributed by atoms with Gasteiger partial charge in [-0.15, -0.1) is 0 Å². The summed E-state index contributed by atoms with van der Waals surface area (Å²) < 4.78 is 10.6. The van der Waals surface area contributed by atoms with Gasteiger partial charge >= 0.3 is 0 Å². The predicted octanol–water partition coefficient (Wildman–Crippen LogP) is 3.75. The summed E-state index contributed by atoms with van der Waals surface area (Å²) >= 11 is 5.83. The lowest BCUT2D eigenvalue weighted by atomic mass is 10.1. The van der Waals surface area contributed by atoms with Gasteiger partial charge in [0.1, 0.15) is 19.0 Å². The molecule has 0 atom stereocenters. The van der Waals surface area contributed by atoms with E-state index >= 15 is 0 Å². The molecule has 0 aliphatic carbocycles. The van der Waals surface area contributed by atoms with E-state index in [1.807, 2.05) is 30.3 Å². The van der Waals surface area contributed by atoms with Crippen LogP contribution in [0.4, 0.5) is 0 Å². The number of ketones is 1. The maximum atomic E-state index is 11.9. The van der Waals surface area contributed by atoms with Crippen molar-refractivity contribution in [3.05, 3.63) is 64.7 Å². The zero-order chi connectivity index (χ0) is 14.4. The van der Waals surface area contributed by atoms with E-state index in [9.17, 15) is 4.79 Å². The van der Waals surface area contributed by atoms with E-state index in [-0.39, 0.29) is 12.4 Å². The number of hydrogen-bond donors (Lipinski definition) is 0. The first-order chi connectivity index (χ1) is 9.70. The van der Waals surface area contributed by atoms with Gasteiger partial charge in [-0.05, 0) is 29.8 Å². The van der Waals surface area contributed by atoms with Crippen molar-refractivity contribution < 1.29 is 14.3 Å². The number of hydrogen-bond acceptors (Lipinski definition) is 3. The molecule has 4 heteroatoms. The zero-order valence-electron chi connectivity index (χ0n) is 11.1. The van der Waals surface area contributed by atoms with Gasteiger partial charge in [-0.25, -0.2) is 0 Å². The van der Waals surface area contributed by atoms with Crippen molar-refractivity contribution in [3.8, 4) is 5.75 Å². The van der Waals surface area contributed by atoms with Crippen LogP contribution in [0.2, 0.25) is 5.02 Å². The van der Waals surface area contributed by atoms with Crippen molar-refractivity contribution in [1.82, 2.24) is 0 Å². The summed E-state index contributed by atoms with van der Waals surface area (Å²) in [5.41, 5.74) is 1.52. The van der Waals surface area contributed by atoms with Gasteiger partial charge in [-0.3, -0.25) is 4.79 Å². The lowest BCUT2D eigenvalue weighted by molar-refractivity contribution is 0.0843. The molecule has 0 N–H and O–H groups in total. The molecule has 0 aliphatic rings. The van der Waals surface area contributed by atoms with Crippen molar-refractivity contribution in [2.24, 2.45) is 0 Å². The van der Waals surface area contributed by atoms with Gasteiger partial charge in [0.2, 0.25) is 0 Å². The third-order valence-electron chi connectivity index (χ3n) is 2.77. The summed E-state index contributed by atoms with van der Waals surface area (Å²) in [6.45, 7) is 0.426. The standard InChI is InChI=1S/C16H15ClO3/c1-19-11-15(18)14-4-2-3-5-16(14)20-10-12-6-8-13(17)9-7-12/h2-9H,10-11H2,1H3. The highest BCUT2D eigenvalue weighted by Gasteiger charge is 2.11. The van der Waals surface area contributed by atoms with Crippen LogP contribution in [0.25, 0.3) is 0 Å². The number of carbonyl (C=O) groups excluding carboxylic acids is 1. The number of para-hydroxylation sites is 1. The molecule has 0 spiro atoms. The smallest absolute Gasteiger partial charge is 0.192 e. The van der Waals surface area contributed by atoms with E-state index in [2.05, 4.69) is 0 Å². The molecule has 20 heavy (non-hydrogen) atoms. The Hall–Kier alpha value is -1.84. The quantitative estimate of drug-likeness (QED) is 0.760. The lowest BCUT2D eigenvalue weighted by Crippen LogP contribution is -2.09. The van der Waals surface area contributed by atoms with E-state index < -0.39 is 0 Å². The summed E-state index contributed by atoms with van der Waals surface area (Å²) in [5.74, 6) is 0.462. The molecule has 0 unspecified atom stereocenters. The van der Waals surface area contributed by atoms with Crippen molar-refractivity contribution in [1.29, 1.82) is 0 Å². The summed E-state index contributed by atoms with van der Waals surface area (Å²) in [5, 5.41) is 0.685. The molecule has 2 rings (SSSR count). The van der Waals surface area contributed by atoms with Gasteiger partial charge in [0.05, 0.1) is 5.56 Å². The van der Waals surface area contributed by atoms with Gasteiger partial charge in [-0.2, -0.15) is 0 Å². The first-order valence-electron chi connectivity index (χ1n) is 6.19. The second kappa shape index (κ2) is 7.08. The molecular weight excluding hydrogens is 276 g/mol. The molecule has 0 aromatic heterocycles. The Kier molecular flexibility index (Phi) is 5.16. The number of methoxy groups -OCH3 is 1. The first kappa shape index (κ1) is 14.6. The van der Waals surface area contributed by atoms with Crippen LogP contribution in [0.3, 0.4) is 0 Å². The van der Waals surface area contributed by atoms with Gasteiger partial charge < -0.3 is 9.47 Å². The van der Waals surface area contributed by atoms with Crippen LogP contribution in [0, 0.1) is 0 Å². The van der Waals surface area contributed by atoms with Crippen LogP contribution in [0.1, 0.15) is 15.9 Å². The summed E-state index contributed by atoms with van der Waals surface area (Å²) in [6.07, 6.45) is 0. The fraction of sp³-hybridized carbons (Fsp3) is 0.188. The second-order valence-electron chi connectivity index (χ2n) is 4.27. The van der Waals surface area contributed by atoms with Crippen molar-refractivity contribution in [2.45, 2.75) is 6.61 Å². The van der Waals surface area contributed by atoms with Crippen molar-refractivity contribution >= 4 is 17.4 Å². The molecule has 0 heterocycles. The van der Waals surface area contributed by atoms with Crippen molar-refractivity contribution in [2.75, 3.05) is 13.7 Å². The molecule has 3 nitrogen and oxygen atoms in total. The molecule has 0 saturated heterocycles. The molecule has 104 valence electrons. The summed E-state index contributed by atoms with van der Waals surface area (Å²) in [4.78, 5) is 11.9. The van der Waals surface area contributed by atoms with Crippen LogP contribution in [0.5, 0.6) is 5.75 Å². The maximum absolute atomic E-state index is 11.9. The summed E-state index contributed by atoms with van der Waals surface area (Å²) in [7, 11) is 1.50. The molecule has 2 aromatic carbocycles. The van der Waals surface area contributed by atoms with Crippen LogP contribution < -0.4 is 4.74 Å². The van der Waals surface area contributed by atoms with E-state index in [4.69, 9.17) is 21.1 Å². The van der Waals surface area contributed by atoms with Crippen LogP contribution in [-0.2, 0) is 11.3 Å². The maximum Gasteiger partial charge on any atom is 0.192 e. The highest BCUT2D eigenvalue weighted by molar-refractivity contribution is 6.30. The molecule has 0 fully saturated rings. The normalized spacial score (nSPS) is 10.3. The number of ether oxygens (including phenoxy) is 2. The second-order valence-corrected chi connectivity index (χ2v) is 4.70.